The van der Waals surface area contributed by atoms with Crippen LogP contribution in [-0.4, -0.2) is 45.9 Å². The molecule has 2 unspecified atom stereocenters. The number of aliphatic hydroxyl groups excluding tert-OH is 1. The molecule has 1 aromatic carbocycles. The number of piperidine rings is 1. The highest BCUT2D eigenvalue weighted by Gasteiger charge is 2.25. The Bertz CT molecular complexity index is 689. The molecule has 2 atom stereocenters. The predicted molar refractivity (Wildman–Crippen MR) is 91.9 cm³/mol. The van der Waals surface area contributed by atoms with Crippen LogP contribution in [0.25, 0.3) is 0 Å². The van der Waals surface area contributed by atoms with Crippen molar-refractivity contribution >= 4 is 6.03 Å². The third kappa shape index (κ3) is 4.57. The molecule has 1 fully saturated rings. The number of hydrogen-bond acceptors (Lipinski definition) is 5. The fourth-order valence-electron chi connectivity index (χ4n) is 3.03. The van der Waals surface area contributed by atoms with E-state index in [9.17, 15) is 9.90 Å². The van der Waals surface area contributed by atoms with Crippen LogP contribution in [0.5, 0.6) is 0 Å². The van der Waals surface area contributed by atoms with Gasteiger partial charge in [-0.15, -0.1) is 0 Å². The average molecular weight is 344 g/mol. The SMILES string of the molecule is CC(NC(=O)N1CCCC(CO)C1)c1noc(Cc2ccccc2)n1. The van der Waals surface area contributed by atoms with Gasteiger partial charge in [0.15, 0.2) is 5.82 Å². The van der Waals surface area contributed by atoms with Crippen molar-refractivity contribution in [1.29, 1.82) is 0 Å². The Morgan fingerprint density at radius 3 is 3.00 bits per heavy atom. The van der Waals surface area contributed by atoms with Gasteiger partial charge in [-0.3, -0.25) is 0 Å². The second kappa shape index (κ2) is 8.11. The fourth-order valence-corrected chi connectivity index (χ4v) is 3.03. The van der Waals surface area contributed by atoms with Crippen LogP contribution in [0.1, 0.15) is 43.1 Å². The summed E-state index contributed by atoms with van der Waals surface area (Å²) >= 11 is 0. The number of aromatic nitrogens is 2. The number of aliphatic hydroxyl groups is 1. The van der Waals surface area contributed by atoms with Crippen LogP contribution < -0.4 is 5.32 Å². The van der Waals surface area contributed by atoms with E-state index in [0.717, 1.165) is 18.4 Å². The first kappa shape index (κ1) is 17.4. The zero-order valence-corrected chi connectivity index (χ0v) is 14.4. The second-order valence-corrected chi connectivity index (χ2v) is 6.52. The van der Waals surface area contributed by atoms with Crippen LogP contribution in [0, 0.1) is 5.92 Å². The lowest BCUT2D eigenvalue weighted by Gasteiger charge is -2.32. The van der Waals surface area contributed by atoms with Gasteiger partial charge in [-0.05, 0) is 31.2 Å². The van der Waals surface area contributed by atoms with Crippen molar-refractivity contribution in [1.82, 2.24) is 20.4 Å². The monoisotopic (exact) mass is 344 g/mol. The van der Waals surface area contributed by atoms with Gasteiger partial charge in [-0.1, -0.05) is 35.5 Å². The first-order valence-corrected chi connectivity index (χ1v) is 8.68. The molecule has 7 heteroatoms. The molecule has 2 aromatic rings. The summed E-state index contributed by atoms with van der Waals surface area (Å²) in [5.74, 6) is 1.16. The first-order chi connectivity index (χ1) is 12.2. The van der Waals surface area contributed by atoms with Gasteiger partial charge in [0.1, 0.15) is 0 Å². The summed E-state index contributed by atoms with van der Waals surface area (Å²) in [4.78, 5) is 18.5. The van der Waals surface area contributed by atoms with Crippen molar-refractivity contribution in [2.45, 2.75) is 32.2 Å². The van der Waals surface area contributed by atoms with Gasteiger partial charge in [0, 0.05) is 19.7 Å². The molecule has 0 bridgehead atoms. The van der Waals surface area contributed by atoms with Gasteiger partial charge in [0.05, 0.1) is 12.5 Å². The van der Waals surface area contributed by atoms with Crippen molar-refractivity contribution < 1.29 is 14.4 Å². The molecule has 2 heterocycles. The number of nitrogens with one attached hydrogen (secondary N) is 1. The van der Waals surface area contributed by atoms with Crippen LogP contribution in [0.2, 0.25) is 0 Å². The van der Waals surface area contributed by atoms with Gasteiger partial charge in [-0.2, -0.15) is 4.98 Å². The number of urea groups is 1. The zero-order valence-electron chi connectivity index (χ0n) is 14.4. The van der Waals surface area contributed by atoms with Crippen LogP contribution in [-0.2, 0) is 6.42 Å². The summed E-state index contributed by atoms with van der Waals surface area (Å²) in [6, 6.07) is 9.41. The van der Waals surface area contributed by atoms with Crippen molar-refractivity contribution in [3.63, 3.8) is 0 Å². The van der Waals surface area contributed by atoms with E-state index in [1.54, 1.807) is 4.90 Å². The number of hydrogen-bond donors (Lipinski definition) is 2. The van der Waals surface area contributed by atoms with Gasteiger partial charge in [-0.25, -0.2) is 4.79 Å². The molecule has 0 saturated carbocycles. The summed E-state index contributed by atoms with van der Waals surface area (Å²) in [5.41, 5.74) is 1.10. The van der Waals surface area contributed by atoms with Crippen LogP contribution >= 0.6 is 0 Å². The molecule has 1 saturated heterocycles. The number of likely N-dealkylation sites (tertiary alicyclic amines) is 1. The van der Waals surface area contributed by atoms with Crippen molar-refractivity contribution in [3.8, 4) is 0 Å². The largest absolute Gasteiger partial charge is 0.396 e. The number of benzene rings is 1. The van der Waals surface area contributed by atoms with E-state index in [2.05, 4.69) is 15.5 Å². The van der Waals surface area contributed by atoms with Gasteiger partial charge in [0.25, 0.3) is 0 Å². The molecule has 1 aliphatic heterocycles. The van der Waals surface area contributed by atoms with Gasteiger partial charge >= 0.3 is 6.03 Å². The molecule has 1 aliphatic rings. The minimum Gasteiger partial charge on any atom is -0.396 e. The second-order valence-electron chi connectivity index (χ2n) is 6.52. The van der Waals surface area contributed by atoms with Crippen LogP contribution in [0.3, 0.4) is 0 Å². The summed E-state index contributed by atoms with van der Waals surface area (Å²) in [5, 5.41) is 16.2. The quantitative estimate of drug-likeness (QED) is 0.867. The van der Waals surface area contributed by atoms with E-state index < -0.39 is 0 Å². The molecule has 3 rings (SSSR count). The maximum Gasteiger partial charge on any atom is 0.317 e. The van der Waals surface area contributed by atoms with E-state index >= 15 is 0 Å². The van der Waals surface area contributed by atoms with Gasteiger partial charge in [0.2, 0.25) is 5.89 Å². The van der Waals surface area contributed by atoms with Gasteiger partial charge < -0.3 is 19.8 Å². The summed E-state index contributed by atoms with van der Waals surface area (Å²) in [6.07, 6.45) is 2.44. The van der Waals surface area contributed by atoms with Crippen LogP contribution in [0.4, 0.5) is 4.79 Å². The Balaban J connectivity index is 1.56. The molecular weight excluding hydrogens is 320 g/mol. The number of rotatable bonds is 5. The molecule has 1 aromatic heterocycles. The predicted octanol–water partition coefficient (Wildman–Crippen LogP) is 2.14. The van der Waals surface area contributed by atoms with E-state index in [1.807, 2.05) is 37.3 Å². The smallest absolute Gasteiger partial charge is 0.317 e. The molecule has 25 heavy (non-hydrogen) atoms. The van der Waals surface area contributed by atoms with E-state index in [1.165, 1.54) is 0 Å². The fraction of sp³-hybridized carbons (Fsp3) is 0.500. The molecule has 2 amide bonds. The lowest BCUT2D eigenvalue weighted by Crippen LogP contribution is -2.46. The molecule has 0 radical (unpaired) electrons. The van der Waals surface area contributed by atoms with Crippen molar-refractivity contribution in [3.05, 3.63) is 47.6 Å². The Labute approximate surface area is 147 Å². The average Bonchev–Trinajstić information content (AvgIpc) is 3.11. The Morgan fingerprint density at radius 1 is 1.44 bits per heavy atom. The lowest BCUT2D eigenvalue weighted by molar-refractivity contribution is 0.128. The molecular formula is C18H24N4O3. The highest BCUT2D eigenvalue weighted by Crippen LogP contribution is 2.17. The van der Waals surface area contributed by atoms with E-state index in [4.69, 9.17) is 4.52 Å². The minimum absolute atomic E-state index is 0.118. The summed E-state index contributed by atoms with van der Waals surface area (Å²) in [7, 11) is 0. The molecule has 2 N–H and O–H groups in total. The number of amides is 2. The summed E-state index contributed by atoms with van der Waals surface area (Å²) in [6.45, 7) is 3.25. The molecule has 0 aliphatic carbocycles. The lowest BCUT2D eigenvalue weighted by atomic mass is 9.99. The number of nitrogens with zero attached hydrogens (tertiary/aromatic N) is 3. The topological polar surface area (TPSA) is 91.5 Å². The Hall–Kier alpha value is -2.41. The maximum atomic E-state index is 12.4. The number of carbonyl (C=O) groups is 1. The standard InChI is InChI=1S/C18H24N4O3/c1-13(19-18(24)22-9-5-8-15(11-22)12-23)17-20-16(25-21-17)10-14-6-3-2-4-7-14/h2-4,6-7,13,15,23H,5,8-12H2,1H3,(H,19,24). The van der Waals surface area contributed by atoms with Crippen molar-refractivity contribution in [2.75, 3.05) is 19.7 Å². The zero-order chi connectivity index (χ0) is 17.6. The van der Waals surface area contributed by atoms with Crippen molar-refractivity contribution in [2.24, 2.45) is 5.92 Å². The molecule has 134 valence electrons. The number of carbonyl (C=O) groups excluding carboxylic acids is 1. The Morgan fingerprint density at radius 2 is 2.24 bits per heavy atom. The van der Waals surface area contributed by atoms with Crippen LogP contribution in [0.15, 0.2) is 34.9 Å². The first-order valence-electron chi connectivity index (χ1n) is 8.68. The highest BCUT2D eigenvalue weighted by atomic mass is 16.5. The molecule has 7 nitrogen and oxygen atoms in total. The minimum atomic E-state index is -0.338. The highest BCUT2D eigenvalue weighted by molar-refractivity contribution is 5.74. The van der Waals surface area contributed by atoms with E-state index in [0.29, 0.717) is 31.2 Å². The third-order valence-corrected chi connectivity index (χ3v) is 4.47. The summed E-state index contributed by atoms with van der Waals surface area (Å²) < 4.78 is 5.29. The Kier molecular flexibility index (Phi) is 5.65. The molecule has 0 spiro atoms. The third-order valence-electron chi connectivity index (χ3n) is 4.47. The normalized spacial score (nSPS) is 18.8. The maximum absolute atomic E-state index is 12.4. The van der Waals surface area contributed by atoms with E-state index in [-0.39, 0.29) is 24.6 Å².